The van der Waals surface area contributed by atoms with Gasteiger partial charge in [-0.3, -0.25) is 10.1 Å². The fraction of sp³-hybridized carbons (Fsp3) is 0.0769. The fourth-order valence-electron chi connectivity index (χ4n) is 1.67. The van der Waals surface area contributed by atoms with Gasteiger partial charge in [-0.1, -0.05) is 28.1 Å². The maximum Gasteiger partial charge on any atom is 0.293 e. The van der Waals surface area contributed by atoms with Crippen molar-refractivity contribution in [3.63, 3.8) is 0 Å². The average molecular weight is 323 g/mol. The molecule has 0 saturated heterocycles. The summed E-state index contributed by atoms with van der Waals surface area (Å²) in [5, 5.41) is 23.3. The Balaban J connectivity index is 2.17. The van der Waals surface area contributed by atoms with Crippen LogP contribution in [0.3, 0.4) is 0 Å². The Morgan fingerprint density at radius 1 is 1.26 bits per heavy atom. The zero-order chi connectivity index (χ0) is 13.8. The third-order valence-electron chi connectivity index (χ3n) is 2.55. The monoisotopic (exact) mass is 322 g/mol. The first kappa shape index (κ1) is 13.4. The molecule has 0 aromatic heterocycles. The van der Waals surface area contributed by atoms with Crippen LogP contribution in [-0.2, 0) is 6.54 Å². The topological polar surface area (TPSA) is 75.4 Å². The van der Waals surface area contributed by atoms with Crippen molar-refractivity contribution in [3.8, 4) is 5.75 Å². The van der Waals surface area contributed by atoms with Gasteiger partial charge in [0.2, 0.25) is 0 Å². The summed E-state index contributed by atoms with van der Waals surface area (Å²) in [6.45, 7) is 0.400. The molecule has 0 aliphatic carbocycles. The minimum absolute atomic E-state index is 0.00882. The smallest absolute Gasteiger partial charge is 0.293 e. The molecule has 0 unspecified atom stereocenters. The first-order chi connectivity index (χ1) is 9.06. The third kappa shape index (κ3) is 3.45. The molecule has 0 spiro atoms. The van der Waals surface area contributed by atoms with Gasteiger partial charge in [0, 0.05) is 17.1 Å². The molecule has 0 bridgehead atoms. The molecule has 0 amide bonds. The lowest BCUT2D eigenvalue weighted by Crippen LogP contribution is -2.02. The van der Waals surface area contributed by atoms with Crippen molar-refractivity contribution in [1.29, 1.82) is 0 Å². The van der Waals surface area contributed by atoms with Gasteiger partial charge in [0.25, 0.3) is 5.69 Å². The van der Waals surface area contributed by atoms with E-state index in [-0.39, 0.29) is 11.4 Å². The first-order valence-corrected chi connectivity index (χ1v) is 6.31. The fourth-order valence-corrected chi connectivity index (χ4v) is 2.02. The lowest BCUT2D eigenvalue weighted by molar-refractivity contribution is -0.384. The summed E-state index contributed by atoms with van der Waals surface area (Å²) < 4.78 is 0.655. The lowest BCUT2D eigenvalue weighted by atomic mass is 10.2. The molecule has 2 N–H and O–H groups in total. The molecule has 0 atom stereocenters. The minimum Gasteiger partial charge on any atom is -0.508 e. The van der Waals surface area contributed by atoms with Gasteiger partial charge in [-0.15, -0.1) is 0 Å². The van der Waals surface area contributed by atoms with Gasteiger partial charge in [-0.05, 0) is 29.8 Å². The van der Waals surface area contributed by atoms with Gasteiger partial charge in [-0.25, -0.2) is 0 Å². The zero-order valence-electron chi connectivity index (χ0n) is 9.84. The second kappa shape index (κ2) is 5.71. The molecule has 0 saturated carbocycles. The quantitative estimate of drug-likeness (QED) is 0.665. The van der Waals surface area contributed by atoms with E-state index in [9.17, 15) is 15.2 Å². The van der Waals surface area contributed by atoms with Gasteiger partial charge in [0.05, 0.1) is 4.92 Å². The number of phenolic OH excluding ortho intramolecular Hbond substituents is 1. The van der Waals surface area contributed by atoms with E-state index in [2.05, 4.69) is 21.2 Å². The average Bonchev–Trinajstić information content (AvgIpc) is 2.37. The minimum atomic E-state index is -0.435. The van der Waals surface area contributed by atoms with Crippen molar-refractivity contribution >= 4 is 27.3 Å². The van der Waals surface area contributed by atoms with Crippen molar-refractivity contribution in [2.75, 3.05) is 5.32 Å². The predicted molar refractivity (Wildman–Crippen MR) is 76.2 cm³/mol. The summed E-state index contributed by atoms with van der Waals surface area (Å²) in [4.78, 5) is 10.5. The Kier molecular flexibility index (Phi) is 4.01. The highest BCUT2D eigenvalue weighted by Gasteiger charge is 2.13. The molecule has 2 aromatic carbocycles. The highest BCUT2D eigenvalue weighted by atomic mass is 79.9. The van der Waals surface area contributed by atoms with E-state index in [4.69, 9.17) is 0 Å². The summed E-state index contributed by atoms with van der Waals surface area (Å²) in [7, 11) is 0. The number of halogens is 1. The molecular weight excluding hydrogens is 312 g/mol. The van der Waals surface area contributed by atoms with E-state index in [1.807, 2.05) is 6.07 Å². The van der Waals surface area contributed by atoms with E-state index in [1.165, 1.54) is 6.07 Å². The number of phenols is 1. The van der Waals surface area contributed by atoms with Crippen LogP contribution in [0.1, 0.15) is 5.56 Å². The van der Waals surface area contributed by atoms with Crippen molar-refractivity contribution in [2.24, 2.45) is 0 Å². The van der Waals surface area contributed by atoms with E-state index < -0.39 is 4.92 Å². The number of rotatable bonds is 4. The van der Waals surface area contributed by atoms with Crippen LogP contribution in [0.25, 0.3) is 0 Å². The van der Waals surface area contributed by atoms with Crippen LogP contribution in [0.15, 0.2) is 46.9 Å². The second-order valence-corrected chi connectivity index (χ2v) is 4.86. The summed E-state index contributed by atoms with van der Waals surface area (Å²) >= 11 is 3.20. The van der Waals surface area contributed by atoms with Gasteiger partial charge in [0.15, 0.2) is 0 Å². The molecule has 2 rings (SSSR count). The van der Waals surface area contributed by atoms with Crippen molar-refractivity contribution in [3.05, 3.63) is 62.6 Å². The SMILES string of the molecule is O=[N+]([O-])c1cc(Br)ccc1NCc1cccc(O)c1. The maximum atomic E-state index is 10.9. The Bertz CT molecular complexity index is 617. The molecule has 0 radical (unpaired) electrons. The van der Waals surface area contributed by atoms with Crippen LogP contribution in [0.2, 0.25) is 0 Å². The van der Waals surface area contributed by atoms with Gasteiger partial charge in [0.1, 0.15) is 11.4 Å². The zero-order valence-corrected chi connectivity index (χ0v) is 11.4. The Hall–Kier alpha value is -2.08. The van der Waals surface area contributed by atoms with Crippen molar-refractivity contribution < 1.29 is 10.0 Å². The molecule has 0 aliphatic heterocycles. The summed E-state index contributed by atoms with van der Waals surface area (Å²) in [6.07, 6.45) is 0. The molecule has 5 nitrogen and oxygen atoms in total. The molecule has 2 aromatic rings. The van der Waals surface area contributed by atoms with Crippen LogP contribution < -0.4 is 5.32 Å². The number of hydrogen-bond donors (Lipinski definition) is 2. The maximum absolute atomic E-state index is 10.9. The molecular formula is C13H11BrN2O3. The van der Waals surface area contributed by atoms with Gasteiger partial charge < -0.3 is 10.4 Å². The predicted octanol–water partition coefficient (Wildman–Crippen LogP) is 3.68. The second-order valence-electron chi connectivity index (χ2n) is 3.94. The number of nitrogens with one attached hydrogen (secondary N) is 1. The van der Waals surface area contributed by atoms with Crippen molar-refractivity contribution in [2.45, 2.75) is 6.54 Å². The number of nitro groups is 1. The van der Waals surface area contributed by atoms with Crippen LogP contribution in [0.5, 0.6) is 5.75 Å². The number of anilines is 1. The lowest BCUT2D eigenvalue weighted by Gasteiger charge is -2.07. The first-order valence-electron chi connectivity index (χ1n) is 5.52. The highest BCUT2D eigenvalue weighted by molar-refractivity contribution is 9.10. The summed E-state index contributed by atoms with van der Waals surface area (Å²) in [5.74, 6) is 0.171. The standard InChI is InChI=1S/C13H11BrN2O3/c14-10-4-5-12(13(7-10)16(18)19)15-8-9-2-1-3-11(17)6-9/h1-7,15,17H,8H2. The van der Waals surface area contributed by atoms with Crippen LogP contribution >= 0.6 is 15.9 Å². The van der Waals surface area contributed by atoms with E-state index >= 15 is 0 Å². The number of nitro benzene ring substituents is 1. The largest absolute Gasteiger partial charge is 0.508 e. The summed E-state index contributed by atoms with van der Waals surface area (Å²) in [6, 6.07) is 11.6. The Labute approximate surface area is 118 Å². The number of benzene rings is 2. The third-order valence-corrected chi connectivity index (χ3v) is 3.04. The molecule has 19 heavy (non-hydrogen) atoms. The van der Waals surface area contributed by atoms with Gasteiger partial charge in [-0.2, -0.15) is 0 Å². The highest BCUT2D eigenvalue weighted by Crippen LogP contribution is 2.28. The van der Waals surface area contributed by atoms with E-state index in [0.717, 1.165) is 5.56 Å². The number of nitrogens with zero attached hydrogens (tertiary/aromatic N) is 1. The van der Waals surface area contributed by atoms with Crippen molar-refractivity contribution in [1.82, 2.24) is 0 Å². The Morgan fingerprint density at radius 3 is 2.74 bits per heavy atom. The number of aromatic hydroxyl groups is 1. The molecule has 98 valence electrons. The van der Waals surface area contributed by atoms with Crippen LogP contribution in [0, 0.1) is 10.1 Å². The van der Waals surface area contributed by atoms with E-state index in [1.54, 1.807) is 30.3 Å². The molecule has 0 heterocycles. The van der Waals surface area contributed by atoms with Crippen LogP contribution in [0.4, 0.5) is 11.4 Å². The molecule has 0 fully saturated rings. The normalized spacial score (nSPS) is 10.2. The summed E-state index contributed by atoms with van der Waals surface area (Å²) in [5.41, 5.74) is 1.29. The van der Waals surface area contributed by atoms with E-state index in [0.29, 0.717) is 16.7 Å². The van der Waals surface area contributed by atoms with Gasteiger partial charge >= 0.3 is 0 Å². The van der Waals surface area contributed by atoms with Crippen LogP contribution in [-0.4, -0.2) is 10.0 Å². The number of hydrogen-bond acceptors (Lipinski definition) is 4. The molecule has 0 aliphatic rings. The molecule has 6 heteroatoms. The Morgan fingerprint density at radius 2 is 2.05 bits per heavy atom.